The van der Waals surface area contributed by atoms with Crippen LogP contribution in [0.5, 0.6) is 0 Å². The number of benzene rings is 1. The molecule has 2 aliphatic heterocycles. The summed E-state index contributed by atoms with van der Waals surface area (Å²) >= 11 is 0. The Morgan fingerprint density at radius 2 is 1.89 bits per heavy atom. The van der Waals surface area contributed by atoms with Crippen LogP contribution in [0.1, 0.15) is 116 Å². The highest BCUT2D eigenvalue weighted by Gasteiger charge is 2.86. The fourth-order valence-corrected chi connectivity index (χ4v) is 11.6. The summed E-state index contributed by atoms with van der Waals surface area (Å²) in [7, 11) is 1.86. The number of carbonyl (C=O) groups excluding carboxylic acids is 3. The summed E-state index contributed by atoms with van der Waals surface area (Å²) in [6.45, 7) is 7.42. The number of fused-ring (bicyclic) bond motifs is 1. The van der Waals surface area contributed by atoms with Crippen LogP contribution >= 0.6 is 0 Å². The standard InChI is InChI=1S/C51H66N6O6/c1-5-54-42-24-36-12-8-11-35-10-6-7-20-49(3,25-34-17-18-43(52)56-28-34)26-37-13-9-14-40-45(37)47(60)51(48(61)62-30-38(42)23-41(35)36)50(63-51,46(40)59)27-39(29-58)32(2)15-16-33-19-21-55-44(22-33)57-31-53-4/h8-9,12-14,17-19,21-22,28,35-36,38,41-42,53-54,58H,5-7,10-11,15-16,20,23-27,29-31H2,1-4H3,(H2,52,56)(H,55,57)/b39-32-/t35-,36+,38+,41+,42+,49+,50-,51-/m0/s1. The van der Waals surface area contributed by atoms with E-state index in [-0.39, 0.29) is 48.1 Å². The second-order valence-electron chi connectivity index (χ2n) is 19.3. The number of esters is 1. The van der Waals surface area contributed by atoms with Crippen molar-refractivity contribution in [3.63, 3.8) is 0 Å². The van der Waals surface area contributed by atoms with Crippen molar-refractivity contribution in [3.8, 4) is 0 Å². The Bertz CT molecular complexity index is 2240. The van der Waals surface area contributed by atoms with Crippen LogP contribution in [-0.2, 0) is 33.5 Å². The van der Waals surface area contributed by atoms with Crippen molar-refractivity contribution in [2.45, 2.75) is 115 Å². The number of pyridine rings is 2. The van der Waals surface area contributed by atoms with Crippen molar-refractivity contribution in [1.29, 1.82) is 0 Å². The van der Waals surface area contributed by atoms with Crippen molar-refractivity contribution in [3.05, 3.63) is 106 Å². The molecule has 5 aliphatic rings. The summed E-state index contributed by atoms with van der Waals surface area (Å²) < 4.78 is 12.8. The highest BCUT2D eigenvalue weighted by molar-refractivity contribution is 6.33. The summed E-state index contributed by atoms with van der Waals surface area (Å²) in [6, 6.07) is 13.4. The normalized spacial score (nSPS) is 30.7. The van der Waals surface area contributed by atoms with Crippen LogP contribution in [-0.4, -0.2) is 83.3 Å². The van der Waals surface area contributed by atoms with Gasteiger partial charge in [0, 0.05) is 41.9 Å². The van der Waals surface area contributed by atoms with Gasteiger partial charge in [0.1, 0.15) is 11.6 Å². The minimum absolute atomic E-state index is 0.0377. The van der Waals surface area contributed by atoms with Crippen LogP contribution in [0.2, 0.25) is 0 Å². The molecule has 12 heteroatoms. The van der Waals surface area contributed by atoms with E-state index in [0.29, 0.717) is 61.5 Å². The van der Waals surface area contributed by atoms with E-state index in [0.717, 1.165) is 79.6 Å². The number of aryl methyl sites for hydroxylation is 1. The Balaban J connectivity index is 1.17. The molecular weight excluding hydrogens is 793 g/mol. The Morgan fingerprint density at radius 3 is 2.67 bits per heavy atom. The number of hydrogen-bond donors (Lipinski definition) is 5. The molecule has 3 aliphatic carbocycles. The van der Waals surface area contributed by atoms with Crippen LogP contribution in [0.4, 0.5) is 11.6 Å². The number of Topliss-reactive ketones (excluding diaryl/α,β-unsaturated/α-hetero) is 2. The van der Waals surface area contributed by atoms with Gasteiger partial charge in [-0.1, -0.05) is 68.7 Å². The highest BCUT2D eigenvalue weighted by Crippen LogP contribution is 2.60. The second kappa shape index (κ2) is 18.8. The van der Waals surface area contributed by atoms with Gasteiger partial charge >= 0.3 is 5.97 Å². The van der Waals surface area contributed by atoms with E-state index in [1.54, 1.807) is 12.3 Å². The molecule has 4 bridgehead atoms. The number of aliphatic hydroxyl groups is 1. The number of cyclic esters (lactones) is 1. The molecular formula is C51H66N6O6. The smallest absolute Gasteiger partial charge is 0.350 e. The van der Waals surface area contributed by atoms with Gasteiger partial charge in [-0.05, 0) is 142 Å². The van der Waals surface area contributed by atoms with E-state index < -0.39 is 28.7 Å². The average Bonchev–Trinajstić information content (AvgIpc) is 3.99. The van der Waals surface area contributed by atoms with Gasteiger partial charge in [-0.3, -0.25) is 9.59 Å². The van der Waals surface area contributed by atoms with Gasteiger partial charge in [0.25, 0.3) is 5.60 Å². The van der Waals surface area contributed by atoms with E-state index >= 15 is 9.59 Å². The van der Waals surface area contributed by atoms with Crippen molar-refractivity contribution in [2.75, 3.05) is 44.5 Å². The van der Waals surface area contributed by atoms with Crippen molar-refractivity contribution >= 4 is 29.2 Å². The highest BCUT2D eigenvalue weighted by atomic mass is 16.7. The number of nitrogen functional groups attached to an aromatic ring is 1. The van der Waals surface area contributed by atoms with Crippen LogP contribution in [0.25, 0.3) is 0 Å². The van der Waals surface area contributed by atoms with E-state index in [9.17, 15) is 9.90 Å². The number of ketones is 2. The van der Waals surface area contributed by atoms with Gasteiger partial charge in [0.2, 0.25) is 5.78 Å². The molecule has 1 saturated heterocycles. The molecule has 3 aromatic rings. The molecule has 63 heavy (non-hydrogen) atoms. The molecule has 8 rings (SSSR count). The zero-order chi connectivity index (χ0) is 44.4. The number of nitrogens with zero attached hydrogens (tertiary/aromatic N) is 2. The molecule has 4 heterocycles. The number of allylic oxidation sites excluding steroid dienone is 3. The van der Waals surface area contributed by atoms with Gasteiger partial charge in [0.05, 0.1) is 19.9 Å². The second-order valence-corrected chi connectivity index (χ2v) is 19.3. The predicted octanol–water partition coefficient (Wildman–Crippen LogP) is 6.97. The van der Waals surface area contributed by atoms with E-state index in [1.165, 1.54) is 0 Å². The first-order chi connectivity index (χ1) is 30.4. The van der Waals surface area contributed by atoms with Gasteiger partial charge in [-0.2, -0.15) is 0 Å². The Hall–Kier alpha value is -4.75. The van der Waals surface area contributed by atoms with Crippen LogP contribution in [0, 0.1) is 29.1 Å². The molecule has 12 nitrogen and oxygen atoms in total. The minimum Gasteiger partial charge on any atom is -0.463 e. The summed E-state index contributed by atoms with van der Waals surface area (Å²) in [5, 5.41) is 20.9. The third-order valence-corrected chi connectivity index (χ3v) is 15.0. The summed E-state index contributed by atoms with van der Waals surface area (Å²) in [5.41, 5.74) is 6.42. The summed E-state index contributed by atoms with van der Waals surface area (Å²) in [4.78, 5) is 54.4. The number of aliphatic hydroxyl groups excluding tert-OH is 1. The number of carbonyl (C=O) groups is 3. The molecule has 6 N–H and O–H groups in total. The molecule has 2 fully saturated rings. The molecule has 1 spiro atoms. The predicted molar refractivity (Wildman–Crippen MR) is 244 cm³/mol. The number of ether oxygens (including phenoxy) is 2. The Morgan fingerprint density at radius 1 is 1.03 bits per heavy atom. The molecule has 1 aromatic carbocycles. The van der Waals surface area contributed by atoms with Crippen LogP contribution in [0.15, 0.2) is 78.2 Å². The molecule has 336 valence electrons. The van der Waals surface area contributed by atoms with Crippen LogP contribution in [0.3, 0.4) is 0 Å². The zero-order valence-corrected chi connectivity index (χ0v) is 37.5. The molecule has 2 aromatic heterocycles. The molecule has 0 unspecified atom stereocenters. The maximum atomic E-state index is 15.4. The van der Waals surface area contributed by atoms with Gasteiger partial charge < -0.3 is 36.3 Å². The van der Waals surface area contributed by atoms with Gasteiger partial charge in [-0.25, -0.2) is 14.8 Å². The number of epoxide rings is 1. The summed E-state index contributed by atoms with van der Waals surface area (Å²) in [6.07, 6.45) is 17.8. The number of aromatic nitrogens is 2. The largest absolute Gasteiger partial charge is 0.463 e. The van der Waals surface area contributed by atoms with Crippen LogP contribution < -0.4 is 21.7 Å². The maximum absolute atomic E-state index is 15.4. The van der Waals surface area contributed by atoms with E-state index in [4.69, 9.17) is 15.2 Å². The maximum Gasteiger partial charge on any atom is 0.350 e. The topological polar surface area (TPSA) is 181 Å². The van der Waals surface area contributed by atoms with E-state index in [2.05, 4.69) is 51.9 Å². The quantitative estimate of drug-likeness (QED) is 0.0392. The number of nitrogens with two attached hydrogens (primary N) is 1. The van der Waals surface area contributed by atoms with Crippen molar-refractivity contribution in [1.82, 2.24) is 20.6 Å². The molecule has 0 amide bonds. The fraction of sp³-hybridized carbons (Fsp3) is 0.549. The van der Waals surface area contributed by atoms with Gasteiger partial charge in [-0.15, -0.1) is 0 Å². The number of hydrogen-bond acceptors (Lipinski definition) is 12. The lowest BCUT2D eigenvalue weighted by molar-refractivity contribution is -0.150. The fourth-order valence-electron chi connectivity index (χ4n) is 11.6. The minimum atomic E-state index is -2.17. The first-order valence-electron chi connectivity index (χ1n) is 23.2. The SMILES string of the molecule is CCN[C@@H]1C[C@H]2C=CC[C@@H]3CCCC[C@](C)(Cc4ccc(N)nc4)Cc4cccc5c4C(=O)[C@]4(O[C@@]4(C/C(CO)=C(\C)CCc4ccnc(NCNC)c4)C5=O)C(=O)OC[C@H]1C[C@H]32. The first kappa shape index (κ1) is 44.8. The Kier molecular flexibility index (Phi) is 13.4. The monoisotopic (exact) mass is 859 g/mol. The van der Waals surface area contributed by atoms with E-state index in [1.807, 2.05) is 56.6 Å². The molecule has 0 radical (unpaired) electrons. The molecule has 8 atom stereocenters. The van der Waals surface area contributed by atoms with Gasteiger partial charge in [0.15, 0.2) is 11.4 Å². The lowest BCUT2D eigenvalue weighted by Crippen LogP contribution is -2.52. The lowest BCUT2D eigenvalue weighted by atomic mass is 9.63. The summed E-state index contributed by atoms with van der Waals surface area (Å²) in [5.74, 6) is 0.950. The van der Waals surface area contributed by atoms with Crippen molar-refractivity contribution in [2.24, 2.45) is 29.1 Å². The Labute approximate surface area is 372 Å². The number of anilines is 2. The first-order valence-corrected chi connectivity index (χ1v) is 23.2. The third kappa shape index (κ3) is 8.88. The number of nitrogens with one attached hydrogen (secondary N) is 3. The third-order valence-electron chi connectivity index (χ3n) is 15.0. The zero-order valence-electron chi connectivity index (χ0n) is 37.5. The van der Waals surface area contributed by atoms with Crippen molar-refractivity contribution < 1.29 is 29.0 Å². The number of rotatable bonds is 13. The lowest BCUT2D eigenvalue weighted by Gasteiger charge is -2.45. The average molecular weight is 859 g/mol. The molecule has 1 saturated carbocycles.